The van der Waals surface area contributed by atoms with Crippen molar-refractivity contribution in [1.29, 1.82) is 0 Å². The van der Waals surface area contributed by atoms with E-state index in [1.165, 1.54) is 30.9 Å². The second-order valence-electron chi connectivity index (χ2n) is 6.87. The minimum atomic E-state index is 0.632. The van der Waals surface area contributed by atoms with Gasteiger partial charge in [0, 0.05) is 11.6 Å². The van der Waals surface area contributed by atoms with Crippen molar-refractivity contribution in [2.75, 3.05) is 49.5 Å². The largest absolute Gasteiger partial charge is 0.362 e. The highest BCUT2D eigenvalue weighted by Crippen LogP contribution is 2.29. The monoisotopic (exact) mass is 403 g/mol. The second kappa shape index (κ2) is 9.93. The van der Waals surface area contributed by atoms with Gasteiger partial charge in [0.2, 0.25) is 0 Å². The third-order valence-corrected chi connectivity index (χ3v) is 5.54. The number of hydrogen-bond acceptors (Lipinski definition) is 2. The van der Waals surface area contributed by atoms with Crippen LogP contribution in [-0.4, -0.2) is 44.4 Å². The second-order valence-corrected chi connectivity index (χ2v) is 7.71. The van der Waals surface area contributed by atoms with Crippen LogP contribution >= 0.6 is 23.8 Å². The van der Waals surface area contributed by atoms with Gasteiger partial charge in [-0.3, -0.25) is 0 Å². The number of piperazine rings is 1. The maximum atomic E-state index is 6.24. The zero-order valence-corrected chi connectivity index (χ0v) is 17.4. The molecule has 144 valence electrons. The number of quaternary nitrogens is 1. The third-order valence-electron chi connectivity index (χ3n) is 5.06. The van der Waals surface area contributed by atoms with E-state index < -0.39 is 0 Å². The number of nitrogens with one attached hydrogen (secondary N) is 3. The van der Waals surface area contributed by atoms with Crippen LogP contribution in [0, 0.1) is 0 Å². The SMILES string of the molecule is CC[NH+]1CCN(c2ccc(Cl)cc2NC(=S)NCCc2ccccc2)CC1. The first-order valence-corrected chi connectivity index (χ1v) is 10.4. The van der Waals surface area contributed by atoms with Crippen molar-refractivity contribution in [2.45, 2.75) is 13.3 Å². The Kier molecular flexibility index (Phi) is 7.33. The third kappa shape index (κ3) is 5.83. The van der Waals surface area contributed by atoms with Crippen LogP contribution in [0.5, 0.6) is 0 Å². The van der Waals surface area contributed by atoms with Gasteiger partial charge in [-0.1, -0.05) is 41.9 Å². The lowest BCUT2D eigenvalue weighted by Crippen LogP contribution is -3.14. The van der Waals surface area contributed by atoms with E-state index in [0.717, 1.165) is 31.7 Å². The van der Waals surface area contributed by atoms with E-state index >= 15 is 0 Å². The summed E-state index contributed by atoms with van der Waals surface area (Å²) in [4.78, 5) is 4.08. The molecule has 1 fully saturated rings. The summed E-state index contributed by atoms with van der Waals surface area (Å²) < 4.78 is 0. The molecule has 2 aromatic rings. The molecular weight excluding hydrogens is 376 g/mol. The number of anilines is 2. The Balaban J connectivity index is 1.58. The number of halogens is 1. The van der Waals surface area contributed by atoms with E-state index in [1.54, 1.807) is 4.90 Å². The number of benzene rings is 2. The van der Waals surface area contributed by atoms with Crippen LogP contribution in [0.3, 0.4) is 0 Å². The highest BCUT2D eigenvalue weighted by Gasteiger charge is 2.21. The standard InChI is InChI=1S/C21H27ClN4S/c1-2-25-12-14-26(15-13-25)20-9-8-18(22)16-19(20)24-21(27)23-11-10-17-6-4-3-5-7-17/h3-9,16H,2,10-15H2,1H3,(H2,23,24,27)/p+1. The van der Waals surface area contributed by atoms with Gasteiger partial charge in [0.1, 0.15) is 0 Å². The molecule has 3 N–H and O–H groups in total. The summed E-state index contributed by atoms with van der Waals surface area (Å²) in [5, 5.41) is 7.99. The topological polar surface area (TPSA) is 31.7 Å². The lowest BCUT2D eigenvalue weighted by atomic mass is 10.1. The van der Waals surface area contributed by atoms with Crippen molar-refractivity contribution in [3.05, 3.63) is 59.1 Å². The molecule has 6 heteroatoms. The average molecular weight is 404 g/mol. The summed E-state index contributed by atoms with van der Waals surface area (Å²) in [5.41, 5.74) is 3.44. The minimum absolute atomic E-state index is 0.632. The molecule has 3 rings (SSSR count). The Morgan fingerprint density at radius 1 is 1.15 bits per heavy atom. The molecular formula is C21H28ClN4S+. The van der Waals surface area contributed by atoms with Crippen LogP contribution in [0.15, 0.2) is 48.5 Å². The fourth-order valence-electron chi connectivity index (χ4n) is 3.43. The molecule has 0 atom stereocenters. The number of nitrogens with zero attached hydrogens (tertiary/aromatic N) is 1. The van der Waals surface area contributed by atoms with Gasteiger partial charge in [-0.05, 0) is 49.3 Å². The van der Waals surface area contributed by atoms with E-state index in [9.17, 15) is 0 Å². The Bertz CT molecular complexity index is 745. The number of rotatable bonds is 6. The minimum Gasteiger partial charge on any atom is -0.362 e. The predicted octanol–water partition coefficient (Wildman–Crippen LogP) is 2.59. The predicted molar refractivity (Wildman–Crippen MR) is 119 cm³/mol. The van der Waals surface area contributed by atoms with E-state index in [-0.39, 0.29) is 0 Å². The maximum Gasteiger partial charge on any atom is 0.170 e. The van der Waals surface area contributed by atoms with Gasteiger partial charge in [0.25, 0.3) is 0 Å². The van der Waals surface area contributed by atoms with Crippen LogP contribution < -0.4 is 20.4 Å². The average Bonchev–Trinajstić information content (AvgIpc) is 2.69. The zero-order chi connectivity index (χ0) is 19.1. The van der Waals surface area contributed by atoms with E-state index in [4.69, 9.17) is 23.8 Å². The number of thiocarbonyl (C=S) groups is 1. The molecule has 0 saturated carbocycles. The summed E-state index contributed by atoms with van der Waals surface area (Å²) >= 11 is 11.7. The molecule has 2 aromatic carbocycles. The van der Waals surface area contributed by atoms with Gasteiger partial charge in [-0.15, -0.1) is 0 Å². The molecule has 1 saturated heterocycles. The number of hydrogen-bond donors (Lipinski definition) is 3. The van der Waals surface area contributed by atoms with E-state index in [0.29, 0.717) is 10.1 Å². The van der Waals surface area contributed by atoms with Crippen molar-refractivity contribution in [1.82, 2.24) is 5.32 Å². The van der Waals surface area contributed by atoms with Crippen LogP contribution in [0.4, 0.5) is 11.4 Å². The van der Waals surface area contributed by atoms with E-state index in [1.807, 2.05) is 18.2 Å². The first-order valence-electron chi connectivity index (χ1n) is 9.62. The molecule has 0 radical (unpaired) electrons. The Morgan fingerprint density at radius 3 is 2.59 bits per heavy atom. The molecule has 4 nitrogen and oxygen atoms in total. The van der Waals surface area contributed by atoms with Gasteiger partial charge in [-0.2, -0.15) is 0 Å². The number of likely N-dealkylation sites (N-methyl/N-ethyl adjacent to an activating group) is 1. The zero-order valence-electron chi connectivity index (χ0n) is 15.8. The molecule has 0 spiro atoms. The highest BCUT2D eigenvalue weighted by atomic mass is 35.5. The van der Waals surface area contributed by atoms with Gasteiger partial charge in [0.05, 0.1) is 44.1 Å². The highest BCUT2D eigenvalue weighted by molar-refractivity contribution is 7.80. The van der Waals surface area contributed by atoms with Crippen molar-refractivity contribution < 1.29 is 4.90 Å². The quantitative estimate of drug-likeness (QED) is 0.647. The normalized spacial score (nSPS) is 14.8. The van der Waals surface area contributed by atoms with E-state index in [2.05, 4.69) is 52.8 Å². The molecule has 27 heavy (non-hydrogen) atoms. The van der Waals surface area contributed by atoms with Crippen LogP contribution in [-0.2, 0) is 6.42 Å². The first-order chi connectivity index (χ1) is 13.2. The molecule has 0 aliphatic carbocycles. The molecule has 1 heterocycles. The van der Waals surface area contributed by atoms with Crippen LogP contribution in [0.25, 0.3) is 0 Å². The van der Waals surface area contributed by atoms with Gasteiger partial charge < -0.3 is 20.4 Å². The summed E-state index contributed by atoms with van der Waals surface area (Å²) in [6.07, 6.45) is 0.937. The molecule has 0 aromatic heterocycles. The van der Waals surface area contributed by atoms with Crippen molar-refractivity contribution >= 4 is 40.3 Å². The summed E-state index contributed by atoms with van der Waals surface area (Å²) in [6.45, 7) is 8.66. The fourth-order valence-corrected chi connectivity index (χ4v) is 3.82. The summed E-state index contributed by atoms with van der Waals surface area (Å²) in [5.74, 6) is 0. The lowest BCUT2D eigenvalue weighted by molar-refractivity contribution is -0.898. The van der Waals surface area contributed by atoms with Crippen molar-refractivity contribution in [2.24, 2.45) is 0 Å². The smallest absolute Gasteiger partial charge is 0.170 e. The van der Waals surface area contributed by atoms with Crippen LogP contribution in [0.2, 0.25) is 5.02 Å². The Hall–Kier alpha value is -1.82. The Labute approximate surface area is 172 Å². The fraction of sp³-hybridized carbons (Fsp3) is 0.381. The molecule has 1 aliphatic heterocycles. The maximum absolute atomic E-state index is 6.24. The first kappa shape index (κ1) is 19.9. The molecule has 0 bridgehead atoms. The van der Waals surface area contributed by atoms with Crippen LogP contribution in [0.1, 0.15) is 12.5 Å². The van der Waals surface area contributed by atoms with Crippen molar-refractivity contribution in [3.8, 4) is 0 Å². The lowest BCUT2D eigenvalue weighted by Gasteiger charge is -2.34. The summed E-state index contributed by atoms with van der Waals surface area (Å²) in [7, 11) is 0. The Morgan fingerprint density at radius 2 is 1.89 bits per heavy atom. The molecule has 0 amide bonds. The summed E-state index contributed by atoms with van der Waals surface area (Å²) in [6, 6.07) is 16.4. The van der Waals surface area contributed by atoms with Crippen molar-refractivity contribution in [3.63, 3.8) is 0 Å². The molecule has 0 unspecified atom stereocenters. The molecule has 1 aliphatic rings. The van der Waals surface area contributed by atoms with Gasteiger partial charge in [-0.25, -0.2) is 0 Å². The van der Waals surface area contributed by atoms with Gasteiger partial charge >= 0.3 is 0 Å². The van der Waals surface area contributed by atoms with Gasteiger partial charge in [0.15, 0.2) is 5.11 Å².